The van der Waals surface area contributed by atoms with Gasteiger partial charge in [-0.05, 0) is 30.7 Å². The van der Waals surface area contributed by atoms with E-state index in [1.54, 1.807) is 11.8 Å². The lowest BCUT2D eigenvalue weighted by Crippen LogP contribution is -2.73. The number of rotatable bonds is 1. The van der Waals surface area contributed by atoms with Crippen molar-refractivity contribution in [3.8, 4) is 0 Å². The van der Waals surface area contributed by atoms with E-state index in [1.165, 1.54) is 10.5 Å². The van der Waals surface area contributed by atoms with Crippen LogP contribution in [0.3, 0.4) is 0 Å². The third kappa shape index (κ3) is 4.74. The molecule has 1 aliphatic rings. The summed E-state index contributed by atoms with van der Waals surface area (Å²) in [4.78, 5) is 2.37. The first kappa shape index (κ1) is 20.5. The highest BCUT2D eigenvalue weighted by Crippen LogP contribution is 2.44. The van der Waals surface area contributed by atoms with Gasteiger partial charge in [0.05, 0.1) is 11.4 Å². The molecule has 2 aromatic rings. The molecule has 0 saturated heterocycles. The molecular weight excluding hydrogens is 296 g/mol. The van der Waals surface area contributed by atoms with E-state index in [0.717, 1.165) is 34.5 Å². The fourth-order valence-electron chi connectivity index (χ4n) is 1.89. The van der Waals surface area contributed by atoms with E-state index in [4.69, 9.17) is 10.3 Å². The highest BCUT2D eigenvalue weighted by atomic mass is 32.2. The van der Waals surface area contributed by atoms with Crippen LogP contribution in [0.1, 0.15) is 26.8 Å². The average molecular weight is 323 g/mol. The topological polar surface area (TPSA) is 69.1 Å². The molecule has 3 rings (SSSR count). The van der Waals surface area contributed by atoms with Crippen LogP contribution >= 0.6 is 11.8 Å². The molecule has 0 atom stereocenters. The van der Waals surface area contributed by atoms with Crippen molar-refractivity contribution in [2.24, 2.45) is 0 Å². The predicted octanol–water partition coefficient (Wildman–Crippen LogP) is 4.06. The molecule has 4 nitrogen and oxygen atoms in total. The summed E-state index contributed by atoms with van der Waals surface area (Å²) in [5.41, 5.74) is 5.46. The van der Waals surface area contributed by atoms with Crippen molar-refractivity contribution in [1.82, 2.24) is 0 Å². The van der Waals surface area contributed by atoms with Crippen LogP contribution in [0.4, 0.5) is 17.1 Å². The fourth-order valence-corrected chi connectivity index (χ4v) is 3.02. The minimum Gasteiger partial charge on any atom is -0.400 e. The van der Waals surface area contributed by atoms with Crippen LogP contribution in [0.15, 0.2) is 46.2 Å². The molecule has 5 heteroatoms. The van der Waals surface area contributed by atoms with Gasteiger partial charge in [-0.1, -0.05) is 39.1 Å². The minimum atomic E-state index is 0. The standard InChI is InChI=1S/C13H12N2OS.C2H6.CH4O.CH4/c1-8-2-4-10-12(6-8)17-13-7-9(15-16)3-5-11(13)14-10;2*1-2;/h2-7,14-16H,1H3;1-2H3;2H,1H3;1H4/p+1. The monoisotopic (exact) mass is 323 g/mol. The lowest BCUT2D eigenvalue weighted by Gasteiger charge is -2.20. The second kappa shape index (κ2) is 10.2. The Kier molecular flexibility index (Phi) is 9.53. The minimum absolute atomic E-state index is 0. The van der Waals surface area contributed by atoms with Gasteiger partial charge in [0, 0.05) is 29.0 Å². The Hall–Kier alpha value is -1.53. The maximum atomic E-state index is 9.02. The van der Waals surface area contributed by atoms with E-state index >= 15 is 0 Å². The molecule has 0 aromatic heterocycles. The van der Waals surface area contributed by atoms with Crippen molar-refractivity contribution in [3.05, 3.63) is 42.0 Å². The number of aliphatic hydroxyl groups excluding tert-OH is 1. The van der Waals surface area contributed by atoms with Crippen molar-refractivity contribution in [3.63, 3.8) is 0 Å². The number of aliphatic hydroxyl groups is 1. The number of benzene rings is 2. The van der Waals surface area contributed by atoms with Gasteiger partial charge < -0.3 is 10.4 Å². The lowest BCUT2D eigenvalue weighted by atomic mass is 10.2. The second-order valence-electron chi connectivity index (χ2n) is 4.11. The molecule has 2 aromatic carbocycles. The van der Waals surface area contributed by atoms with Crippen LogP contribution in [-0.2, 0) is 0 Å². The number of fused-ring (bicyclic) bond motifs is 2. The molecule has 122 valence electrons. The summed E-state index contributed by atoms with van der Waals surface area (Å²) in [6.45, 7) is 6.09. The zero-order valence-corrected chi connectivity index (χ0v) is 13.7. The van der Waals surface area contributed by atoms with Crippen molar-refractivity contribution >= 4 is 28.8 Å². The Labute approximate surface area is 137 Å². The fraction of sp³-hybridized carbons (Fsp3) is 0.294. The first-order chi connectivity index (χ1) is 10.3. The maximum absolute atomic E-state index is 9.02. The Morgan fingerprint density at radius 2 is 1.50 bits per heavy atom. The summed E-state index contributed by atoms with van der Waals surface area (Å²) in [5.74, 6) is 0. The summed E-state index contributed by atoms with van der Waals surface area (Å²) in [7, 11) is 1.00. The number of anilines is 2. The van der Waals surface area contributed by atoms with E-state index < -0.39 is 0 Å². The number of nitrogens with one attached hydrogen (secondary N) is 1. The highest BCUT2D eigenvalue weighted by molar-refractivity contribution is 7.99. The van der Waals surface area contributed by atoms with Gasteiger partial charge in [-0.15, -0.1) is 0 Å². The molecule has 0 amide bonds. The van der Waals surface area contributed by atoms with Crippen LogP contribution in [0.5, 0.6) is 0 Å². The molecule has 0 bridgehead atoms. The van der Waals surface area contributed by atoms with E-state index in [2.05, 4.69) is 30.4 Å². The van der Waals surface area contributed by atoms with Crippen LogP contribution in [0.25, 0.3) is 0 Å². The summed E-state index contributed by atoms with van der Waals surface area (Å²) < 4.78 is 0. The number of hydrogen-bond donors (Lipinski definition) is 4. The number of nitrogens with two attached hydrogens (primary N) is 1. The van der Waals surface area contributed by atoms with Gasteiger partial charge in [-0.2, -0.15) is 5.48 Å². The summed E-state index contributed by atoms with van der Waals surface area (Å²) in [5, 5.41) is 19.4. The van der Waals surface area contributed by atoms with E-state index in [-0.39, 0.29) is 7.43 Å². The lowest BCUT2D eigenvalue weighted by molar-refractivity contribution is -0.825. The summed E-state index contributed by atoms with van der Waals surface area (Å²) >= 11 is 1.73. The summed E-state index contributed by atoms with van der Waals surface area (Å²) in [6.07, 6.45) is 0. The Bertz CT molecular complexity index is 589. The second-order valence-corrected chi connectivity index (χ2v) is 5.20. The molecule has 0 aliphatic carbocycles. The van der Waals surface area contributed by atoms with Gasteiger partial charge in [-0.25, -0.2) is 5.21 Å². The first-order valence-corrected chi connectivity index (χ1v) is 7.69. The van der Waals surface area contributed by atoms with E-state index in [1.807, 2.05) is 32.0 Å². The highest BCUT2D eigenvalue weighted by Gasteiger charge is 2.16. The van der Waals surface area contributed by atoms with Gasteiger partial charge in [-0.3, -0.25) is 0 Å². The van der Waals surface area contributed by atoms with Gasteiger partial charge in [0.15, 0.2) is 5.69 Å². The molecule has 0 saturated carbocycles. The Morgan fingerprint density at radius 3 is 2.09 bits per heavy atom. The predicted molar refractivity (Wildman–Crippen MR) is 94.6 cm³/mol. The molecule has 0 fully saturated rings. The SMILES string of the molecule is C.CC.CO.Cc1ccc2c(c1)Sc1cc([NH2+]O)ccc1N2. The Morgan fingerprint density at radius 1 is 0.955 bits per heavy atom. The molecule has 1 heterocycles. The van der Waals surface area contributed by atoms with Crippen molar-refractivity contribution in [2.45, 2.75) is 38.0 Å². The number of hydrogen-bond acceptors (Lipinski definition) is 4. The normalized spacial score (nSPS) is 10.3. The van der Waals surface area contributed by atoms with Gasteiger partial charge in [0.25, 0.3) is 0 Å². The van der Waals surface area contributed by atoms with Crippen molar-refractivity contribution in [2.75, 3.05) is 12.4 Å². The summed E-state index contributed by atoms with van der Waals surface area (Å²) in [6, 6.07) is 12.3. The van der Waals surface area contributed by atoms with Crippen LogP contribution in [-0.4, -0.2) is 17.4 Å². The average Bonchev–Trinajstić information content (AvgIpc) is 2.56. The van der Waals surface area contributed by atoms with E-state index in [9.17, 15) is 0 Å². The van der Waals surface area contributed by atoms with Gasteiger partial charge in [0.2, 0.25) is 0 Å². The molecule has 0 spiro atoms. The van der Waals surface area contributed by atoms with E-state index in [0.29, 0.717) is 0 Å². The smallest absolute Gasteiger partial charge is 0.163 e. The maximum Gasteiger partial charge on any atom is 0.163 e. The van der Waals surface area contributed by atoms with Crippen LogP contribution in [0, 0.1) is 6.92 Å². The van der Waals surface area contributed by atoms with Crippen molar-refractivity contribution < 1.29 is 15.8 Å². The Balaban J connectivity index is 0.000000819. The molecular formula is C17H27N2O2S+. The zero-order chi connectivity index (χ0) is 15.8. The zero-order valence-electron chi connectivity index (χ0n) is 12.8. The molecule has 0 unspecified atom stereocenters. The first-order valence-electron chi connectivity index (χ1n) is 6.88. The largest absolute Gasteiger partial charge is 0.400 e. The molecule has 22 heavy (non-hydrogen) atoms. The molecule has 0 radical (unpaired) electrons. The number of aryl methyl sites for hydroxylation is 1. The van der Waals surface area contributed by atoms with Crippen molar-refractivity contribution in [1.29, 1.82) is 0 Å². The third-order valence-electron chi connectivity index (χ3n) is 2.78. The van der Waals surface area contributed by atoms with Crippen LogP contribution < -0.4 is 10.8 Å². The van der Waals surface area contributed by atoms with Crippen LogP contribution in [0.2, 0.25) is 0 Å². The van der Waals surface area contributed by atoms with Gasteiger partial charge >= 0.3 is 0 Å². The molecule has 1 aliphatic heterocycles. The van der Waals surface area contributed by atoms with Gasteiger partial charge in [0.1, 0.15) is 0 Å². The number of quaternary nitrogens is 1. The molecule has 5 N–H and O–H groups in total. The third-order valence-corrected chi connectivity index (χ3v) is 3.90. The quantitative estimate of drug-likeness (QED) is 0.403.